The van der Waals surface area contributed by atoms with Gasteiger partial charge in [0.05, 0.1) is 18.8 Å². The molecule has 5 nitrogen and oxygen atoms in total. The van der Waals surface area contributed by atoms with Crippen molar-refractivity contribution < 1.29 is 18.8 Å². The van der Waals surface area contributed by atoms with Gasteiger partial charge in [0.2, 0.25) is 5.78 Å². The van der Waals surface area contributed by atoms with Gasteiger partial charge in [0.25, 0.3) is 0 Å². The molecule has 0 atom stereocenters. The van der Waals surface area contributed by atoms with Gasteiger partial charge in [-0.2, -0.15) is 0 Å². The number of ether oxygens (including phenoxy) is 1. The third-order valence-electron chi connectivity index (χ3n) is 5.41. The van der Waals surface area contributed by atoms with Crippen molar-refractivity contribution in [2.24, 2.45) is 0 Å². The summed E-state index contributed by atoms with van der Waals surface area (Å²) in [6.07, 6.45) is 3.01. The van der Waals surface area contributed by atoms with E-state index in [1.54, 1.807) is 13.0 Å². The van der Waals surface area contributed by atoms with Gasteiger partial charge in [-0.15, -0.1) is 0 Å². The Morgan fingerprint density at radius 3 is 2.48 bits per heavy atom. The Bertz CT molecular complexity index is 980. The molecular formula is C24H30ClNO4Si. The molecule has 0 N–H and O–H groups in total. The average Bonchev–Trinajstić information content (AvgIpc) is 2.70. The Kier molecular flexibility index (Phi) is 8.34. The molecule has 0 fully saturated rings. The van der Waals surface area contributed by atoms with Crippen LogP contribution in [0.1, 0.15) is 49.2 Å². The standard InChI is InChI=1S/C24H30ClNO4Si/c1-7-29-23(28)20(21(27)19-12-9-13-26-22(19)25)15-17-10-8-11-18(14-17)16-30-31(5,6)24(2,3)4/h8-15H,7,16H2,1-6H3. The summed E-state index contributed by atoms with van der Waals surface area (Å²) in [5.74, 6) is -1.23. The van der Waals surface area contributed by atoms with Gasteiger partial charge in [-0.05, 0) is 60.5 Å². The Labute approximate surface area is 190 Å². The predicted molar refractivity (Wildman–Crippen MR) is 127 cm³/mol. The number of halogens is 1. The largest absolute Gasteiger partial charge is 0.462 e. The number of hydrogen-bond acceptors (Lipinski definition) is 5. The fourth-order valence-corrected chi connectivity index (χ4v) is 3.71. The number of aromatic nitrogens is 1. The monoisotopic (exact) mass is 459 g/mol. The van der Waals surface area contributed by atoms with E-state index in [9.17, 15) is 9.59 Å². The zero-order chi connectivity index (χ0) is 23.2. The molecule has 31 heavy (non-hydrogen) atoms. The van der Waals surface area contributed by atoms with Crippen molar-refractivity contribution in [1.29, 1.82) is 0 Å². The maximum atomic E-state index is 13.0. The van der Waals surface area contributed by atoms with Crippen LogP contribution in [0.3, 0.4) is 0 Å². The minimum atomic E-state index is -1.90. The first-order valence-corrected chi connectivity index (χ1v) is 13.5. The Morgan fingerprint density at radius 2 is 1.87 bits per heavy atom. The lowest BCUT2D eigenvalue weighted by Gasteiger charge is -2.36. The van der Waals surface area contributed by atoms with Crippen molar-refractivity contribution in [1.82, 2.24) is 4.98 Å². The van der Waals surface area contributed by atoms with E-state index in [4.69, 9.17) is 20.8 Å². The zero-order valence-electron chi connectivity index (χ0n) is 19.0. The Hall–Kier alpha value is -2.28. The molecule has 0 aliphatic heterocycles. The molecule has 0 amide bonds. The van der Waals surface area contributed by atoms with E-state index >= 15 is 0 Å². The molecule has 0 radical (unpaired) electrons. The van der Waals surface area contributed by atoms with E-state index in [1.165, 1.54) is 18.3 Å². The highest BCUT2D eigenvalue weighted by Gasteiger charge is 2.37. The number of hydrogen-bond donors (Lipinski definition) is 0. The summed E-state index contributed by atoms with van der Waals surface area (Å²) in [6.45, 7) is 13.3. The molecule has 1 aromatic carbocycles. The van der Waals surface area contributed by atoms with E-state index in [2.05, 4.69) is 38.8 Å². The van der Waals surface area contributed by atoms with Crippen LogP contribution in [-0.2, 0) is 20.6 Å². The van der Waals surface area contributed by atoms with Crippen LogP contribution >= 0.6 is 11.6 Å². The molecule has 2 aromatic rings. The van der Waals surface area contributed by atoms with Gasteiger partial charge < -0.3 is 9.16 Å². The quantitative estimate of drug-likeness (QED) is 0.0909. The second-order valence-corrected chi connectivity index (χ2v) is 13.9. The van der Waals surface area contributed by atoms with Crippen LogP contribution in [0, 0.1) is 0 Å². The predicted octanol–water partition coefficient (Wildman–Crippen LogP) is 6.09. The SMILES string of the molecule is CCOC(=O)C(=Cc1cccc(CO[Si](C)(C)C(C)(C)C)c1)C(=O)c1cccnc1Cl. The highest BCUT2D eigenvalue weighted by Crippen LogP contribution is 2.37. The summed E-state index contributed by atoms with van der Waals surface area (Å²) in [7, 11) is -1.90. The zero-order valence-corrected chi connectivity index (χ0v) is 20.7. The van der Waals surface area contributed by atoms with Crippen molar-refractivity contribution in [3.8, 4) is 0 Å². The lowest BCUT2D eigenvalue weighted by molar-refractivity contribution is -0.137. The van der Waals surface area contributed by atoms with E-state index < -0.39 is 20.1 Å². The van der Waals surface area contributed by atoms with Gasteiger partial charge in [-0.1, -0.05) is 50.6 Å². The van der Waals surface area contributed by atoms with Crippen LogP contribution in [0.5, 0.6) is 0 Å². The van der Waals surface area contributed by atoms with E-state index in [0.717, 1.165) is 5.56 Å². The molecule has 1 aromatic heterocycles. The minimum Gasteiger partial charge on any atom is -0.462 e. The Morgan fingerprint density at radius 1 is 1.16 bits per heavy atom. The molecule has 0 bridgehead atoms. The summed E-state index contributed by atoms with van der Waals surface area (Å²) >= 11 is 6.07. The third kappa shape index (κ3) is 6.60. The fraction of sp³-hybridized carbons (Fsp3) is 0.375. The highest BCUT2D eigenvalue weighted by molar-refractivity contribution is 6.74. The molecule has 0 saturated carbocycles. The number of pyridine rings is 1. The lowest BCUT2D eigenvalue weighted by Crippen LogP contribution is -2.40. The third-order valence-corrected chi connectivity index (χ3v) is 10.2. The summed E-state index contributed by atoms with van der Waals surface area (Å²) in [5.41, 5.74) is 1.72. The summed E-state index contributed by atoms with van der Waals surface area (Å²) in [5, 5.41) is 0.149. The van der Waals surface area contributed by atoms with Crippen LogP contribution in [-0.4, -0.2) is 31.7 Å². The van der Waals surface area contributed by atoms with Crippen molar-refractivity contribution in [3.05, 3.63) is 70.0 Å². The normalized spacial score (nSPS) is 12.5. The van der Waals surface area contributed by atoms with Crippen LogP contribution in [0.25, 0.3) is 6.08 Å². The first-order valence-electron chi connectivity index (χ1n) is 10.2. The van der Waals surface area contributed by atoms with E-state index in [0.29, 0.717) is 12.2 Å². The average molecular weight is 460 g/mol. The number of ketones is 1. The molecule has 0 aliphatic carbocycles. The molecule has 0 saturated heterocycles. The molecule has 0 unspecified atom stereocenters. The maximum Gasteiger partial charge on any atom is 0.342 e. The van der Waals surface area contributed by atoms with Crippen LogP contribution in [0.15, 0.2) is 48.2 Å². The van der Waals surface area contributed by atoms with E-state index in [1.807, 2.05) is 24.3 Å². The van der Waals surface area contributed by atoms with Crippen molar-refractivity contribution in [2.45, 2.75) is 52.4 Å². The Balaban J connectivity index is 2.36. The number of benzene rings is 1. The second kappa shape index (κ2) is 10.4. The minimum absolute atomic E-state index is 0.0409. The molecule has 166 valence electrons. The smallest absolute Gasteiger partial charge is 0.342 e. The number of rotatable bonds is 8. The first kappa shape index (κ1) is 25.0. The highest BCUT2D eigenvalue weighted by atomic mass is 35.5. The van der Waals surface area contributed by atoms with E-state index in [-0.39, 0.29) is 27.9 Å². The van der Waals surface area contributed by atoms with Crippen LogP contribution in [0.4, 0.5) is 0 Å². The topological polar surface area (TPSA) is 65.5 Å². The second-order valence-electron chi connectivity index (χ2n) is 8.74. The van der Waals surface area contributed by atoms with Crippen LogP contribution < -0.4 is 0 Å². The molecule has 1 heterocycles. The van der Waals surface area contributed by atoms with Gasteiger partial charge >= 0.3 is 5.97 Å². The van der Waals surface area contributed by atoms with Gasteiger partial charge in [0.1, 0.15) is 10.7 Å². The van der Waals surface area contributed by atoms with Crippen molar-refractivity contribution in [2.75, 3.05) is 6.61 Å². The fourth-order valence-electron chi connectivity index (χ4n) is 2.55. The molecule has 0 spiro atoms. The molecule has 7 heteroatoms. The summed E-state index contributed by atoms with van der Waals surface area (Å²) in [4.78, 5) is 29.5. The molecular weight excluding hydrogens is 430 g/mol. The molecule has 0 aliphatic rings. The van der Waals surface area contributed by atoms with Crippen molar-refractivity contribution in [3.63, 3.8) is 0 Å². The van der Waals surface area contributed by atoms with Crippen LogP contribution in [0.2, 0.25) is 23.3 Å². The van der Waals surface area contributed by atoms with Gasteiger partial charge in [0, 0.05) is 6.20 Å². The van der Waals surface area contributed by atoms with Gasteiger partial charge in [-0.3, -0.25) is 4.79 Å². The summed E-state index contributed by atoms with van der Waals surface area (Å²) in [6, 6.07) is 10.7. The number of esters is 1. The van der Waals surface area contributed by atoms with Gasteiger partial charge in [0.15, 0.2) is 8.32 Å². The van der Waals surface area contributed by atoms with Gasteiger partial charge in [-0.25, -0.2) is 9.78 Å². The number of Topliss-reactive ketones (excluding diaryl/α,β-unsaturated/α-hetero) is 1. The number of carbonyl (C=O) groups excluding carboxylic acids is 2. The molecule has 2 rings (SSSR count). The maximum absolute atomic E-state index is 13.0. The lowest BCUT2D eigenvalue weighted by atomic mass is 10.0. The first-order chi connectivity index (χ1) is 14.5. The number of nitrogens with zero attached hydrogens (tertiary/aromatic N) is 1. The summed E-state index contributed by atoms with van der Waals surface area (Å²) < 4.78 is 11.4. The van der Waals surface area contributed by atoms with Crippen molar-refractivity contribution >= 4 is 37.7 Å². The number of carbonyl (C=O) groups is 2.